The number of benzene rings is 2. The number of allylic oxidation sites excluding steroid dienone is 4. The lowest BCUT2D eigenvalue weighted by molar-refractivity contribution is 0.509. The van der Waals surface area contributed by atoms with Crippen LogP contribution in [0.2, 0.25) is 6.55 Å². The molecule has 0 spiro atoms. The topological polar surface area (TPSA) is 0 Å². The molecule has 1 aliphatic rings. The van der Waals surface area contributed by atoms with Crippen LogP contribution in [-0.4, -0.2) is 8.07 Å². The van der Waals surface area contributed by atoms with Crippen LogP contribution in [0.25, 0.3) is 0 Å². The molecule has 1 aliphatic carbocycles. The predicted octanol–water partition coefficient (Wildman–Crippen LogP) is 4.54. The van der Waals surface area contributed by atoms with E-state index in [-0.39, 0.29) is 5.41 Å². The third kappa shape index (κ3) is 2.86. The molecule has 0 saturated carbocycles. The van der Waals surface area contributed by atoms with Crippen molar-refractivity contribution >= 4 is 18.4 Å². The van der Waals surface area contributed by atoms with E-state index >= 15 is 0 Å². The zero-order chi connectivity index (χ0) is 16.5. The number of hydrogen-bond donors (Lipinski definition) is 0. The SMILES string of the molecule is CC(C)(C)C1=CC=C[C]1[Si](C)(c1ccccc1)c1ccccc1. The molecular formula is C22H25Si. The van der Waals surface area contributed by atoms with Gasteiger partial charge in [0.15, 0.2) is 0 Å². The van der Waals surface area contributed by atoms with Crippen molar-refractivity contribution in [3.63, 3.8) is 0 Å². The molecule has 2 aromatic carbocycles. The van der Waals surface area contributed by atoms with Gasteiger partial charge in [-0.1, -0.05) is 122 Å². The van der Waals surface area contributed by atoms with E-state index in [9.17, 15) is 0 Å². The first-order chi connectivity index (χ1) is 10.9. The van der Waals surface area contributed by atoms with Gasteiger partial charge in [-0.15, -0.1) is 0 Å². The Bertz CT molecular complexity index is 678. The molecule has 1 heteroatoms. The first kappa shape index (κ1) is 16.0. The van der Waals surface area contributed by atoms with Gasteiger partial charge in [-0.25, -0.2) is 0 Å². The van der Waals surface area contributed by atoms with Crippen molar-refractivity contribution < 1.29 is 0 Å². The monoisotopic (exact) mass is 317 g/mol. The lowest BCUT2D eigenvalue weighted by Crippen LogP contribution is -2.60. The number of rotatable bonds is 3. The highest BCUT2D eigenvalue weighted by atomic mass is 28.3. The summed E-state index contributed by atoms with van der Waals surface area (Å²) in [5, 5.41) is 2.95. The van der Waals surface area contributed by atoms with Crippen LogP contribution in [-0.2, 0) is 0 Å². The maximum atomic E-state index is 2.49. The molecule has 0 bridgehead atoms. The minimum absolute atomic E-state index is 0.163. The minimum Gasteiger partial charge on any atom is -0.0753 e. The average molecular weight is 318 g/mol. The summed E-state index contributed by atoms with van der Waals surface area (Å²) in [5.41, 5.74) is 3.19. The minimum atomic E-state index is -1.98. The molecular weight excluding hydrogens is 292 g/mol. The van der Waals surface area contributed by atoms with Crippen LogP contribution in [0.5, 0.6) is 0 Å². The summed E-state index contributed by atoms with van der Waals surface area (Å²) in [5.74, 6) is 0. The van der Waals surface area contributed by atoms with Crippen LogP contribution in [0.15, 0.2) is 84.5 Å². The van der Waals surface area contributed by atoms with Crippen LogP contribution in [0.1, 0.15) is 20.8 Å². The van der Waals surface area contributed by atoms with Gasteiger partial charge in [-0.3, -0.25) is 0 Å². The fourth-order valence-electron chi connectivity index (χ4n) is 3.53. The van der Waals surface area contributed by atoms with Gasteiger partial charge in [0.2, 0.25) is 0 Å². The van der Waals surface area contributed by atoms with E-state index in [1.54, 1.807) is 5.54 Å². The van der Waals surface area contributed by atoms with E-state index < -0.39 is 8.07 Å². The lowest BCUT2D eigenvalue weighted by Gasteiger charge is -2.39. The molecule has 0 unspecified atom stereocenters. The van der Waals surface area contributed by atoms with E-state index in [2.05, 4.69) is 106 Å². The number of hydrogen-bond acceptors (Lipinski definition) is 0. The van der Waals surface area contributed by atoms with Crippen LogP contribution in [0.4, 0.5) is 0 Å². The highest BCUT2D eigenvalue weighted by Crippen LogP contribution is 2.41. The molecule has 117 valence electrons. The second-order valence-electron chi connectivity index (χ2n) is 7.46. The average Bonchev–Trinajstić information content (AvgIpc) is 3.06. The van der Waals surface area contributed by atoms with Gasteiger partial charge >= 0.3 is 0 Å². The van der Waals surface area contributed by atoms with Crippen LogP contribution < -0.4 is 10.4 Å². The molecule has 0 aromatic heterocycles. The maximum Gasteiger partial charge on any atom is 0.129 e. The zero-order valence-electron chi connectivity index (χ0n) is 14.5. The maximum absolute atomic E-state index is 2.49. The Labute approximate surface area is 141 Å². The van der Waals surface area contributed by atoms with Gasteiger partial charge in [0.05, 0.1) is 0 Å². The zero-order valence-corrected chi connectivity index (χ0v) is 15.5. The summed E-state index contributed by atoms with van der Waals surface area (Å²) < 4.78 is 0. The van der Waals surface area contributed by atoms with E-state index in [1.807, 2.05) is 0 Å². The summed E-state index contributed by atoms with van der Waals surface area (Å²) in [6, 6.07) is 22.1. The summed E-state index contributed by atoms with van der Waals surface area (Å²) >= 11 is 0. The Morgan fingerprint density at radius 2 is 1.22 bits per heavy atom. The summed E-state index contributed by atoms with van der Waals surface area (Å²) in [4.78, 5) is 0. The molecule has 0 fully saturated rings. The van der Waals surface area contributed by atoms with E-state index in [0.29, 0.717) is 0 Å². The van der Waals surface area contributed by atoms with Crippen molar-refractivity contribution in [2.45, 2.75) is 27.3 Å². The van der Waals surface area contributed by atoms with Crippen LogP contribution in [0.3, 0.4) is 0 Å². The Morgan fingerprint density at radius 1 is 0.739 bits per heavy atom. The van der Waals surface area contributed by atoms with Crippen LogP contribution >= 0.6 is 0 Å². The molecule has 0 amide bonds. The summed E-state index contributed by atoms with van der Waals surface area (Å²) in [6.45, 7) is 9.44. The van der Waals surface area contributed by atoms with Crippen molar-refractivity contribution in [2.24, 2.45) is 5.41 Å². The normalized spacial score (nSPS) is 15.7. The van der Waals surface area contributed by atoms with Gasteiger partial charge in [0.1, 0.15) is 8.07 Å². The van der Waals surface area contributed by atoms with Gasteiger partial charge in [0.25, 0.3) is 0 Å². The third-order valence-corrected chi connectivity index (χ3v) is 9.35. The van der Waals surface area contributed by atoms with E-state index in [4.69, 9.17) is 0 Å². The second-order valence-corrected chi connectivity index (χ2v) is 11.4. The molecule has 2 aromatic rings. The third-order valence-electron chi connectivity index (χ3n) is 4.86. The highest BCUT2D eigenvalue weighted by Gasteiger charge is 2.44. The van der Waals surface area contributed by atoms with Crippen molar-refractivity contribution in [1.82, 2.24) is 0 Å². The first-order valence-electron chi connectivity index (χ1n) is 8.32. The first-order valence-corrected chi connectivity index (χ1v) is 10.8. The Kier molecular flexibility index (Phi) is 4.16. The molecule has 0 N–H and O–H groups in total. The molecule has 3 rings (SSSR count). The summed E-state index contributed by atoms with van der Waals surface area (Å²) in [6.07, 6.45) is 6.90. The lowest BCUT2D eigenvalue weighted by atomic mass is 9.85. The molecule has 0 atom stereocenters. The van der Waals surface area contributed by atoms with Gasteiger partial charge in [0, 0.05) is 5.54 Å². The Hall–Kier alpha value is -1.86. The largest absolute Gasteiger partial charge is 0.129 e. The van der Waals surface area contributed by atoms with Gasteiger partial charge < -0.3 is 0 Å². The van der Waals surface area contributed by atoms with E-state index in [0.717, 1.165) is 0 Å². The van der Waals surface area contributed by atoms with Gasteiger partial charge in [-0.05, 0) is 5.41 Å². The summed E-state index contributed by atoms with van der Waals surface area (Å²) in [7, 11) is -1.98. The fourth-order valence-corrected chi connectivity index (χ4v) is 7.63. The quantitative estimate of drug-likeness (QED) is 0.729. The standard InChI is InChI=1S/C22H25Si/c1-22(2,3)20-16-11-17-21(20)23(4,18-12-7-5-8-13-18)19-14-9-6-10-15-19/h5-17H,1-4H3. The van der Waals surface area contributed by atoms with Gasteiger partial charge in [-0.2, -0.15) is 0 Å². The van der Waals surface area contributed by atoms with Crippen molar-refractivity contribution in [1.29, 1.82) is 0 Å². The smallest absolute Gasteiger partial charge is 0.0753 e. The van der Waals surface area contributed by atoms with Crippen molar-refractivity contribution in [3.05, 3.63) is 90.0 Å². The van der Waals surface area contributed by atoms with E-state index in [1.165, 1.54) is 15.9 Å². The molecule has 0 heterocycles. The van der Waals surface area contributed by atoms with Crippen LogP contribution in [0, 0.1) is 11.0 Å². The Morgan fingerprint density at radius 3 is 1.65 bits per heavy atom. The fraction of sp³-hybridized carbons (Fsp3) is 0.227. The molecule has 1 radical (unpaired) electrons. The molecule has 0 aliphatic heterocycles. The molecule has 23 heavy (non-hydrogen) atoms. The predicted molar refractivity (Wildman–Crippen MR) is 104 cm³/mol. The van der Waals surface area contributed by atoms with Crippen molar-refractivity contribution in [3.8, 4) is 0 Å². The molecule has 0 saturated heterocycles. The van der Waals surface area contributed by atoms with Crippen molar-refractivity contribution in [2.75, 3.05) is 0 Å². The highest BCUT2D eigenvalue weighted by molar-refractivity contribution is 7.06. The molecule has 0 nitrogen and oxygen atoms in total. The Balaban J connectivity index is 2.18. The second kappa shape index (κ2) is 5.97.